The summed E-state index contributed by atoms with van der Waals surface area (Å²) in [7, 11) is 1.50. The second kappa shape index (κ2) is 14.7. The van der Waals surface area contributed by atoms with Crippen LogP contribution in [0.2, 0.25) is 0 Å². The van der Waals surface area contributed by atoms with Crippen LogP contribution in [-0.4, -0.2) is 70.0 Å². The highest BCUT2D eigenvalue weighted by molar-refractivity contribution is 14.0. The Morgan fingerprint density at radius 1 is 1.18 bits per heavy atom. The van der Waals surface area contributed by atoms with Gasteiger partial charge >= 0.3 is 6.18 Å². The lowest BCUT2D eigenvalue weighted by Gasteiger charge is -2.27. The Morgan fingerprint density at radius 3 is 2.43 bits per heavy atom. The minimum atomic E-state index is -4.14. The minimum absolute atomic E-state index is 0. The second-order valence-electron chi connectivity index (χ2n) is 7.48. The maximum atomic E-state index is 12.3. The van der Waals surface area contributed by atoms with Gasteiger partial charge in [-0.2, -0.15) is 13.2 Å². The maximum Gasteiger partial charge on any atom is 0.401 e. The Labute approximate surface area is 185 Å². The molecular formula is C19H38F3IN4O. The van der Waals surface area contributed by atoms with Crippen LogP contribution in [0.25, 0.3) is 0 Å². The molecule has 1 saturated carbocycles. The number of ether oxygens (including phenoxy) is 1. The van der Waals surface area contributed by atoms with Crippen molar-refractivity contribution in [3.63, 3.8) is 0 Å². The zero-order valence-corrected chi connectivity index (χ0v) is 19.9. The summed E-state index contributed by atoms with van der Waals surface area (Å²) in [5.74, 6) is 0.749. The summed E-state index contributed by atoms with van der Waals surface area (Å²) in [5, 5.41) is 6.48. The number of alkyl halides is 3. The summed E-state index contributed by atoms with van der Waals surface area (Å²) in [6, 6.07) is 0. The number of rotatable bonds is 12. The zero-order valence-electron chi connectivity index (χ0n) is 17.5. The van der Waals surface area contributed by atoms with Crippen LogP contribution in [0.5, 0.6) is 0 Å². The van der Waals surface area contributed by atoms with Gasteiger partial charge in [0.25, 0.3) is 0 Å². The molecule has 1 rings (SSSR count). The largest absolute Gasteiger partial charge is 0.401 e. The minimum Gasteiger partial charge on any atom is -0.382 e. The van der Waals surface area contributed by atoms with Crippen molar-refractivity contribution in [3.05, 3.63) is 0 Å². The van der Waals surface area contributed by atoms with Gasteiger partial charge in [-0.1, -0.05) is 12.8 Å². The van der Waals surface area contributed by atoms with Crippen molar-refractivity contribution in [1.82, 2.24) is 15.5 Å². The molecule has 0 aliphatic heterocycles. The molecule has 1 fully saturated rings. The fourth-order valence-corrected chi connectivity index (χ4v) is 3.57. The van der Waals surface area contributed by atoms with Crippen LogP contribution in [0.4, 0.5) is 13.2 Å². The van der Waals surface area contributed by atoms with Crippen molar-refractivity contribution in [2.45, 2.75) is 58.5 Å². The van der Waals surface area contributed by atoms with Crippen molar-refractivity contribution < 1.29 is 17.9 Å². The molecule has 1 aliphatic carbocycles. The summed E-state index contributed by atoms with van der Waals surface area (Å²) >= 11 is 0. The third-order valence-corrected chi connectivity index (χ3v) is 5.02. The van der Waals surface area contributed by atoms with Crippen LogP contribution in [0, 0.1) is 5.41 Å². The van der Waals surface area contributed by atoms with Crippen molar-refractivity contribution in [1.29, 1.82) is 0 Å². The van der Waals surface area contributed by atoms with E-state index in [-0.39, 0.29) is 29.4 Å². The smallest absolute Gasteiger partial charge is 0.382 e. The van der Waals surface area contributed by atoms with Gasteiger partial charge in [-0.3, -0.25) is 9.89 Å². The predicted molar refractivity (Wildman–Crippen MR) is 120 cm³/mol. The van der Waals surface area contributed by atoms with Gasteiger partial charge in [0.2, 0.25) is 0 Å². The molecule has 0 saturated heterocycles. The van der Waals surface area contributed by atoms with E-state index in [0.29, 0.717) is 19.5 Å². The lowest BCUT2D eigenvalue weighted by atomic mass is 9.83. The molecule has 0 aromatic carbocycles. The van der Waals surface area contributed by atoms with Gasteiger partial charge in [0.1, 0.15) is 0 Å². The highest BCUT2D eigenvalue weighted by atomic mass is 127. The van der Waals surface area contributed by atoms with Crippen LogP contribution in [0.3, 0.4) is 0 Å². The number of nitrogens with one attached hydrogen (secondary N) is 2. The van der Waals surface area contributed by atoms with E-state index in [2.05, 4.69) is 10.6 Å². The first kappa shape index (κ1) is 27.7. The molecule has 9 heteroatoms. The zero-order chi connectivity index (χ0) is 20.2. The summed E-state index contributed by atoms with van der Waals surface area (Å²) in [6.07, 6.45) is 2.39. The van der Waals surface area contributed by atoms with Gasteiger partial charge in [-0.25, -0.2) is 0 Å². The van der Waals surface area contributed by atoms with E-state index in [1.54, 1.807) is 0 Å². The van der Waals surface area contributed by atoms with Crippen LogP contribution in [0.1, 0.15) is 52.4 Å². The fourth-order valence-electron chi connectivity index (χ4n) is 3.57. The number of guanidine groups is 1. The number of hydrogen-bond donors (Lipinski definition) is 2. The molecule has 1 aliphatic rings. The molecule has 2 N–H and O–H groups in total. The van der Waals surface area contributed by atoms with Crippen molar-refractivity contribution in [3.8, 4) is 0 Å². The Balaban J connectivity index is 0.00000729. The predicted octanol–water partition coefficient (Wildman–Crippen LogP) is 4.03. The first-order valence-corrected chi connectivity index (χ1v) is 10.2. The number of halogens is 4. The lowest BCUT2D eigenvalue weighted by molar-refractivity contribution is -0.143. The van der Waals surface area contributed by atoms with Gasteiger partial charge in [-0.05, 0) is 58.5 Å². The highest BCUT2D eigenvalue weighted by Crippen LogP contribution is 2.41. The molecule has 0 amide bonds. The molecule has 168 valence electrons. The van der Waals surface area contributed by atoms with Crippen molar-refractivity contribution >= 4 is 29.9 Å². The van der Waals surface area contributed by atoms with E-state index in [4.69, 9.17) is 9.73 Å². The number of aliphatic imine (C=N–C) groups is 1. The van der Waals surface area contributed by atoms with Crippen LogP contribution in [-0.2, 0) is 4.74 Å². The lowest BCUT2D eigenvalue weighted by Crippen LogP contribution is -2.40. The molecule has 5 nitrogen and oxygen atoms in total. The average molecular weight is 522 g/mol. The number of nitrogens with zero attached hydrogens (tertiary/aromatic N) is 2. The normalized spacial score (nSPS) is 16.9. The number of hydrogen-bond acceptors (Lipinski definition) is 3. The van der Waals surface area contributed by atoms with Crippen LogP contribution >= 0.6 is 24.0 Å². The second-order valence-corrected chi connectivity index (χ2v) is 7.48. The fraction of sp³-hybridized carbons (Fsp3) is 0.947. The Morgan fingerprint density at radius 2 is 1.86 bits per heavy atom. The molecule has 28 heavy (non-hydrogen) atoms. The quantitative estimate of drug-likeness (QED) is 0.176. The third-order valence-electron chi connectivity index (χ3n) is 5.02. The van der Waals surface area contributed by atoms with Crippen molar-refractivity contribution in [2.75, 3.05) is 53.0 Å². The van der Waals surface area contributed by atoms with E-state index in [0.717, 1.165) is 38.7 Å². The Kier molecular flexibility index (Phi) is 14.5. The summed E-state index contributed by atoms with van der Waals surface area (Å²) < 4.78 is 42.6. The molecular weight excluding hydrogens is 484 g/mol. The molecule has 0 unspecified atom stereocenters. The monoisotopic (exact) mass is 522 g/mol. The van der Waals surface area contributed by atoms with Gasteiger partial charge < -0.3 is 15.4 Å². The standard InChI is InChI=1S/C19H37F3N4O.HI/c1-4-23-17(24-12-8-13-26(3)16-19(20,21)22)25-15-18(9-6-7-10-18)11-14-27-5-2;/h4-16H2,1-3H3,(H2,23,24,25);1H. The van der Waals surface area contributed by atoms with Crippen LogP contribution in [0.15, 0.2) is 4.99 Å². The highest BCUT2D eigenvalue weighted by Gasteiger charge is 2.33. The van der Waals surface area contributed by atoms with Gasteiger partial charge in [-0.15, -0.1) is 24.0 Å². The van der Waals surface area contributed by atoms with E-state index >= 15 is 0 Å². The average Bonchev–Trinajstić information content (AvgIpc) is 3.04. The molecule has 0 bridgehead atoms. The van der Waals surface area contributed by atoms with E-state index in [1.165, 1.54) is 37.6 Å². The molecule has 0 radical (unpaired) electrons. The Hall–Kier alpha value is -0.290. The molecule has 0 heterocycles. The first-order chi connectivity index (χ1) is 12.8. The molecule has 0 spiro atoms. The van der Waals surface area contributed by atoms with Gasteiger partial charge in [0.05, 0.1) is 6.54 Å². The van der Waals surface area contributed by atoms with Gasteiger partial charge in [0.15, 0.2) is 5.96 Å². The summed E-state index contributed by atoms with van der Waals surface area (Å²) in [6.45, 7) is 7.18. The maximum absolute atomic E-state index is 12.3. The van der Waals surface area contributed by atoms with E-state index in [9.17, 15) is 13.2 Å². The molecule has 0 atom stereocenters. The first-order valence-electron chi connectivity index (χ1n) is 10.2. The SMILES string of the molecule is CCNC(=NCC1(CCOCC)CCCC1)NCCCN(C)CC(F)(F)F.I. The Bertz CT molecular complexity index is 430. The van der Waals surface area contributed by atoms with E-state index in [1.807, 2.05) is 13.8 Å². The van der Waals surface area contributed by atoms with Crippen LogP contribution < -0.4 is 10.6 Å². The topological polar surface area (TPSA) is 48.9 Å². The van der Waals surface area contributed by atoms with Crippen molar-refractivity contribution in [2.24, 2.45) is 10.4 Å². The molecule has 0 aromatic heterocycles. The third kappa shape index (κ3) is 12.3. The summed E-state index contributed by atoms with van der Waals surface area (Å²) in [5.41, 5.74) is 0.227. The van der Waals surface area contributed by atoms with E-state index < -0.39 is 12.7 Å². The molecule has 0 aromatic rings. The summed E-state index contributed by atoms with van der Waals surface area (Å²) in [4.78, 5) is 6.07. The van der Waals surface area contributed by atoms with Gasteiger partial charge in [0, 0.05) is 32.8 Å².